The molecule has 1 aromatic carbocycles. The molecule has 4 nitrogen and oxygen atoms in total. The number of carbonyl (C=O) groups is 1. The predicted molar refractivity (Wildman–Crippen MR) is 104 cm³/mol. The van der Waals surface area contributed by atoms with Gasteiger partial charge >= 0.3 is 0 Å². The maximum absolute atomic E-state index is 13.2. The molecule has 1 fully saturated rings. The summed E-state index contributed by atoms with van der Waals surface area (Å²) in [5.41, 5.74) is 5.95. The lowest BCUT2D eigenvalue weighted by atomic mass is 9.62. The third-order valence-electron chi connectivity index (χ3n) is 6.29. The second kappa shape index (κ2) is 5.44. The van der Waals surface area contributed by atoms with Crippen molar-refractivity contribution in [1.82, 2.24) is 14.7 Å². The van der Waals surface area contributed by atoms with Crippen molar-refractivity contribution in [2.24, 2.45) is 0 Å². The number of nitrogens with one attached hydrogen (secondary N) is 1. The van der Waals surface area contributed by atoms with E-state index in [-0.39, 0.29) is 12.9 Å². The Hall–Kier alpha value is -2.62. The summed E-state index contributed by atoms with van der Waals surface area (Å²) in [5.74, 6) is 0.646. The largest absolute Gasteiger partial charge is 0.342 e. The van der Waals surface area contributed by atoms with Gasteiger partial charge in [0.25, 0.3) is 5.91 Å². The number of aryl methyl sites for hydroxylation is 2. The Morgan fingerprint density at radius 3 is 2.81 bits per heavy atom. The monoisotopic (exact) mass is 347 g/mol. The molecule has 3 aromatic rings. The smallest absolute Gasteiger partial charge is 0.255 e. The zero-order chi connectivity index (χ0) is 17.9. The molecule has 0 atom stereocenters. The second-order valence-corrected chi connectivity index (χ2v) is 7.86. The molecule has 0 spiro atoms. The van der Waals surface area contributed by atoms with E-state index < -0.39 is 0 Å². The van der Waals surface area contributed by atoms with Crippen LogP contribution in [0, 0.1) is 13.8 Å². The zero-order valence-corrected chi connectivity index (χ0v) is 15.2. The molecule has 2 aromatic heterocycles. The van der Waals surface area contributed by atoms with E-state index >= 15 is 0 Å². The molecule has 2 bridgehead atoms. The number of benzene rings is 1. The predicted octanol–water partition coefficient (Wildman–Crippen LogP) is 4.49. The number of aromatic nitrogens is 2. The Morgan fingerprint density at radius 2 is 2.00 bits per heavy atom. The fourth-order valence-corrected chi connectivity index (χ4v) is 5.03. The Labute approximate surface area is 154 Å². The minimum atomic E-state index is -0.227. The number of amides is 1. The van der Waals surface area contributed by atoms with Crippen LogP contribution in [-0.4, -0.2) is 15.3 Å². The fraction of sp³-hybridized carbons (Fsp3) is 0.364. The van der Waals surface area contributed by atoms with Crippen LogP contribution in [0.15, 0.2) is 42.6 Å². The highest BCUT2D eigenvalue weighted by molar-refractivity contribution is 6.00. The third-order valence-corrected chi connectivity index (χ3v) is 6.29. The van der Waals surface area contributed by atoms with Crippen LogP contribution in [0.4, 0.5) is 0 Å². The first kappa shape index (κ1) is 15.6. The maximum Gasteiger partial charge on any atom is 0.255 e. The first-order chi connectivity index (χ1) is 12.6. The summed E-state index contributed by atoms with van der Waals surface area (Å²) in [7, 11) is 0. The van der Waals surface area contributed by atoms with Crippen LogP contribution in [0.2, 0.25) is 0 Å². The molecule has 4 heteroatoms. The molecule has 2 heterocycles. The molecular formula is C22H25N3O. The lowest BCUT2D eigenvalue weighted by molar-refractivity contribution is 0.0842. The van der Waals surface area contributed by atoms with E-state index in [4.69, 9.17) is 0 Å². The molecule has 1 N–H and O–H groups in total. The summed E-state index contributed by atoms with van der Waals surface area (Å²) in [6.07, 6.45) is 6.30. The highest BCUT2D eigenvalue weighted by Gasteiger charge is 2.45. The van der Waals surface area contributed by atoms with E-state index in [1.807, 2.05) is 36.6 Å². The number of hydrogen-bond donors (Lipinski definition) is 1. The molecule has 1 saturated carbocycles. The molecule has 3 aliphatic carbocycles. The van der Waals surface area contributed by atoms with Gasteiger partial charge in [-0.25, -0.2) is 4.98 Å². The van der Waals surface area contributed by atoms with Gasteiger partial charge in [-0.15, -0.1) is 0 Å². The molecule has 134 valence electrons. The van der Waals surface area contributed by atoms with Gasteiger partial charge in [0.05, 0.1) is 11.1 Å². The molecule has 26 heavy (non-hydrogen) atoms. The summed E-state index contributed by atoms with van der Waals surface area (Å²) in [6.45, 7) is 4.01. The number of hydrogen-bond acceptors (Lipinski definition) is 2. The van der Waals surface area contributed by atoms with Crippen molar-refractivity contribution in [1.29, 1.82) is 0 Å². The van der Waals surface area contributed by atoms with Crippen LogP contribution in [0.25, 0.3) is 5.65 Å². The fourth-order valence-electron chi connectivity index (χ4n) is 5.03. The topological polar surface area (TPSA) is 46.4 Å². The van der Waals surface area contributed by atoms with Gasteiger partial charge < -0.3 is 9.72 Å². The minimum absolute atomic E-state index is 0. The van der Waals surface area contributed by atoms with E-state index in [0.29, 0.717) is 11.5 Å². The van der Waals surface area contributed by atoms with E-state index in [1.54, 1.807) is 0 Å². The van der Waals surface area contributed by atoms with E-state index in [2.05, 4.69) is 34.6 Å². The average Bonchev–Trinajstić information content (AvgIpc) is 3.07. The van der Waals surface area contributed by atoms with Gasteiger partial charge in [-0.2, -0.15) is 0 Å². The van der Waals surface area contributed by atoms with Gasteiger partial charge in [-0.05, 0) is 68.7 Å². The van der Waals surface area contributed by atoms with Crippen molar-refractivity contribution < 1.29 is 6.22 Å². The van der Waals surface area contributed by atoms with Crippen LogP contribution in [0.5, 0.6) is 0 Å². The Bertz CT molecular complexity index is 1030. The Morgan fingerprint density at radius 1 is 1.23 bits per heavy atom. The molecule has 1 amide bonds. The van der Waals surface area contributed by atoms with Crippen molar-refractivity contribution in [2.45, 2.75) is 51.0 Å². The first-order valence-corrected chi connectivity index (χ1v) is 9.45. The van der Waals surface area contributed by atoms with Crippen LogP contribution in [-0.2, 0) is 5.54 Å². The lowest BCUT2D eigenvalue weighted by Gasteiger charge is -2.48. The first-order valence-electron chi connectivity index (χ1n) is 9.45. The summed E-state index contributed by atoms with van der Waals surface area (Å²) >= 11 is 0. The van der Waals surface area contributed by atoms with Gasteiger partial charge in [0.1, 0.15) is 5.65 Å². The summed E-state index contributed by atoms with van der Waals surface area (Å²) in [5, 5.41) is 3.42. The number of fused-ring (bicyclic) bond motifs is 3. The van der Waals surface area contributed by atoms with Crippen LogP contribution < -0.4 is 5.32 Å². The molecule has 6 rings (SSSR count). The number of carbonyl (C=O) groups excluding carboxylic acids is 1. The van der Waals surface area contributed by atoms with Crippen LogP contribution in [0.1, 0.15) is 65.9 Å². The maximum atomic E-state index is 13.2. The second-order valence-electron chi connectivity index (χ2n) is 7.86. The normalized spacial score (nSPS) is 23.8. The van der Waals surface area contributed by atoms with Gasteiger partial charge in [0, 0.05) is 19.0 Å². The lowest BCUT2D eigenvalue weighted by Crippen LogP contribution is -2.51. The molecule has 0 aliphatic heterocycles. The minimum Gasteiger partial charge on any atom is -0.342 e. The van der Waals surface area contributed by atoms with E-state index in [0.717, 1.165) is 42.7 Å². The average molecular weight is 347 g/mol. The van der Waals surface area contributed by atoms with Crippen LogP contribution >= 0.6 is 0 Å². The van der Waals surface area contributed by atoms with Crippen molar-refractivity contribution in [3.63, 3.8) is 0 Å². The van der Waals surface area contributed by atoms with Gasteiger partial charge in [0.15, 0.2) is 0 Å². The summed E-state index contributed by atoms with van der Waals surface area (Å²) in [6, 6.07) is 12.6. The SMILES string of the molecule is Cc1cc(C)n2ccc(C(=O)NC34CCC(CC3)c3ccccc34)c2n1.[HH]. The zero-order valence-electron chi connectivity index (χ0n) is 15.2. The number of rotatable bonds is 2. The van der Waals surface area contributed by atoms with Gasteiger partial charge in [-0.1, -0.05) is 24.3 Å². The quantitative estimate of drug-likeness (QED) is 0.742. The van der Waals surface area contributed by atoms with Crippen molar-refractivity contribution in [2.75, 3.05) is 0 Å². The van der Waals surface area contributed by atoms with Gasteiger partial charge in [0.2, 0.25) is 0 Å². The molecular weight excluding hydrogens is 322 g/mol. The summed E-state index contributed by atoms with van der Waals surface area (Å²) < 4.78 is 1.99. The van der Waals surface area contributed by atoms with E-state index in [9.17, 15) is 4.79 Å². The molecule has 0 radical (unpaired) electrons. The highest BCUT2D eigenvalue weighted by Crippen LogP contribution is 2.51. The van der Waals surface area contributed by atoms with Crippen molar-refractivity contribution in [3.8, 4) is 0 Å². The van der Waals surface area contributed by atoms with Gasteiger partial charge in [-0.3, -0.25) is 4.79 Å². The standard InChI is InChI=1S/C22H23N3O.H2/c1-14-13-15(2)25-12-9-18(20(25)23-14)21(26)24-22-10-7-16(8-11-22)17-5-3-4-6-19(17)22;/h3-6,9,12-13,16H,7-8,10-11H2,1-2H3,(H,24,26);1H. The Kier molecular flexibility index (Phi) is 3.27. The van der Waals surface area contributed by atoms with Crippen LogP contribution in [0.3, 0.4) is 0 Å². The highest BCUT2D eigenvalue weighted by atomic mass is 16.1. The third kappa shape index (κ3) is 2.14. The van der Waals surface area contributed by atoms with E-state index in [1.165, 1.54) is 11.1 Å². The van der Waals surface area contributed by atoms with Crippen molar-refractivity contribution in [3.05, 3.63) is 70.7 Å². The Balaban J connectivity index is 0.00000180. The molecule has 0 saturated heterocycles. The number of nitrogens with zero attached hydrogens (tertiary/aromatic N) is 2. The molecule has 3 aliphatic rings. The van der Waals surface area contributed by atoms with Crippen molar-refractivity contribution >= 4 is 11.6 Å². The molecule has 0 unspecified atom stereocenters. The summed E-state index contributed by atoms with van der Waals surface area (Å²) in [4.78, 5) is 17.9.